The van der Waals surface area contributed by atoms with Crippen molar-refractivity contribution in [2.45, 2.75) is 0 Å². The Bertz CT molecular complexity index is 696. The Morgan fingerprint density at radius 1 is 1.35 bits per heavy atom. The number of aryl methyl sites for hydroxylation is 1. The summed E-state index contributed by atoms with van der Waals surface area (Å²) in [4.78, 5) is 7.61. The second-order valence-electron chi connectivity index (χ2n) is 4.06. The third-order valence-corrected chi connectivity index (χ3v) is 2.73. The maximum absolute atomic E-state index is 9.40. The zero-order chi connectivity index (χ0) is 12.0. The minimum Gasteiger partial charge on any atom is -0.508 e. The predicted octanol–water partition coefficient (Wildman–Crippen LogP) is 1.86. The van der Waals surface area contributed by atoms with Gasteiger partial charge >= 0.3 is 0 Å². The molecule has 0 spiro atoms. The molecule has 4 N–H and O–H groups in total. The van der Waals surface area contributed by atoms with Crippen molar-refractivity contribution < 1.29 is 5.11 Å². The number of aromatic nitrogens is 3. The number of aromatic hydroxyl groups is 1. The lowest BCUT2D eigenvalue weighted by molar-refractivity contribution is 0.476. The summed E-state index contributed by atoms with van der Waals surface area (Å²) in [7, 11) is 1.91. The van der Waals surface area contributed by atoms with E-state index in [1.807, 2.05) is 23.9 Å². The van der Waals surface area contributed by atoms with E-state index in [2.05, 4.69) is 9.97 Å². The first-order valence-electron chi connectivity index (χ1n) is 5.24. The van der Waals surface area contributed by atoms with Crippen molar-refractivity contribution in [2.75, 3.05) is 5.73 Å². The fourth-order valence-electron chi connectivity index (χ4n) is 1.94. The lowest BCUT2D eigenvalue weighted by atomic mass is 10.3. The standard InChI is InChI=1S/C12H12N4O/c1-16-6-7(13)4-11(16)12-14-9-3-2-8(17)5-10(9)15-12/h2-6,17H,13H2,1H3,(H,14,15). The Balaban J connectivity index is 2.21. The topological polar surface area (TPSA) is 79.9 Å². The first-order chi connectivity index (χ1) is 8.13. The molecule has 0 unspecified atom stereocenters. The summed E-state index contributed by atoms with van der Waals surface area (Å²) in [5, 5.41) is 9.40. The van der Waals surface area contributed by atoms with Gasteiger partial charge in [-0.05, 0) is 18.2 Å². The summed E-state index contributed by atoms with van der Waals surface area (Å²) in [6, 6.07) is 6.90. The van der Waals surface area contributed by atoms with Crippen LogP contribution in [0.2, 0.25) is 0 Å². The van der Waals surface area contributed by atoms with E-state index < -0.39 is 0 Å². The van der Waals surface area contributed by atoms with Gasteiger partial charge in [-0.15, -0.1) is 0 Å². The molecule has 0 aliphatic heterocycles. The molecular formula is C12H12N4O. The number of anilines is 1. The average molecular weight is 228 g/mol. The molecule has 1 aromatic carbocycles. The van der Waals surface area contributed by atoms with Crippen molar-refractivity contribution in [1.29, 1.82) is 0 Å². The minimum atomic E-state index is 0.221. The molecule has 2 heterocycles. The number of rotatable bonds is 1. The summed E-state index contributed by atoms with van der Waals surface area (Å²) in [6.45, 7) is 0. The van der Waals surface area contributed by atoms with Crippen LogP contribution in [0.4, 0.5) is 5.69 Å². The molecule has 5 heteroatoms. The molecule has 0 atom stereocenters. The molecule has 0 radical (unpaired) electrons. The molecule has 0 aliphatic rings. The van der Waals surface area contributed by atoms with E-state index in [-0.39, 0.29) is 5.75 Å². The van der Waals surface area contributed by atoms with Gasteiger partial charge in [-0.3, -0.25) is 0 Å². The number of nitrogens with one attached hydrogen (secondary N) is 1. The van der Waals surface area contributed by atoms with Gasteiger partial charge in [0.2, 0.25) is 0 Å². The maximum atomic E-state index is 9.40. The Labute approximate surface area is 97.5 Å². The molecule has 0 saturated carbocycles. The number of nitrogens with zero attached hydrogens (tertiary/aromatic N) is 2. The number of phenolic OH excluding ortho intramolecular Hbond substituents is 1. The number of hydrogen-bond donors (Lipinski definition) is 3. The van der Waals surface area contributed by atoms with Crippen LogP contribution < -0.4 is 5.73 Å². The lowest BCUT2D eigenvalue weighted by Crippen LogP contribution is -1.90. The number of hydrogen-bond acceptors (Lipinski definition) is 3. The van der Waals surface area contributed by atoms with Gasteiger partial charge in [0.25, 0.3) is 0 Å². The molecule has 5 nitrogen and oxygen atoms in total. The Kier molecular flexibility index (Phi) is 1.89. The summed E-state index contributed by atoms with van der Waals surface area (Å²) >= 11 is 0. The monoisotopic (exact) mass is 228 g/mol. The van der Waals surface area contributed by atoms with Crippen LogP contribution >= 0.6 is 0 Å². The lowest BCUT2D eigenvalue weighted by Gasteiger charge is -1.96. The molecule has 17 heavy (non-hydrogen) atoms. The second-order valence-corrected chi connectivity index (χ2v) is 4.06. The van der Waals surface area contributed by atoms with Gasteiger partial charge in [-0.25, -0.2) is 4.98 Å². The Hall–Kier alpha value is -2.43. The average Bonchev–Trinajstić information content (AvgIpc) is 2.80. The fraction of sp³-hybridized carbons (Fsp3) is 0.0833. The molecule has 2 aromatic heterocycles. The van der Waals surface area contributed by atoms with E-state index >= 15 is 0 Å². The van der Waals surface area contributed by atoms with Gasteiger partial charge < -0.3 is 20.4 Å². The highest BCUT2D eigenvalue weighted by molar-refractivity contribution is 5.80. The molecule has 3 aromatic rings. The van der Waals surface area contributed by atoms with Crippen LogP contribution in [0, 0.1) is 0 Å². The van der Waals surface area contributed by atoms with Crippen LogP contribution in [0.5, 0.6) is 5.75 Å². The third-order valence-electron chi connectivity index (χ3n) is 2.73. The quantitative estimate of drug-likeness (QED) is 0.594. The SMILES string of the molecule is Cn1cc(N)cc1-c1nc2ccc(O)cc2[nH]1. The second kappa shape index (κ2) is 3.28. The van der Waals surface area contributed by atoms with E-state index in [1.165, 1.54) is 0 Å². The van der Waals surface area contributed by atoms with E-state index in [0.29, 0.717) is 5.69 Å². The highest BCUT2D eigenvalue weighted by atomic mass is 16.3. The predicted molar refractivity (Wildman–Crippen MR) is 66.6 cm³/mol. The van der Waals surface area contributed by atoms with Gasteiger partial charge in [0.05, 0.1) is 22.4 Å². The number of fused-ring (bicyclic) bond motifs is 1. The number of H-pyrrole nitrogens is 1. The largest absolute Gasteiger partial charge is 0.508 e. The highest BCUT2D eigenvalue weighted by Gasteiger charge is 2.09. The van der Waals surface area contributed by atoms with Crippen molar-refractivity contribution in [3.63, 3.8) is 0 Å². The number of nitrogen functional groups attached to an aromatic ring is 1. The van der Waals surface area contributed by atoms with Crippen LogP contribution in [0.25, 0.3) is 22.6 Å². The van der Waals surface area contributed by atoms with Crippen LogP contribution in [0.3, 0.4) is 0 Å². The third kappa shape index (κ3) is 1.52. The first-order valence-corrected chi connectivity index (χ1v) is 5.24. The summed E-state index contributed by atoms with van der Waals surface area (Å²) in [5.74, 6) is 0.962. The van der Waals surface area contributed by atoms with Crippen molar-refractivity contribution >= 4 is 16.7 Å². The van der Waals surface area contributed by atoms with E-state index in [1.54, 1.807) is 18.2 Å². The van der Waals surface area contributed by atoms with Gasteiger partial charge in [0.15, 0.2) is 5.82 Å². The van der Waals surface area contributed by atoms with Gasteiger partial charge in [0, 0.05) is 19.3 Å². The number of benzene rings is 1. The van der Waals surface area contributed by atoms with Crippen molar-refractivity contribution in [1.82, 2.24) is 14.5 Å². The number of imidazole rings is 1. The number of aromatic amines is 1. The molecule has 0 aliphatic carbocycles. The Morgan fingerprint density at radius 2 is 2.18 bits per heavy atom. The minimum absolute atomic E-state index is 0.221. The van der Waals surface area contributed by atoms with E-state index in [9.17, 15) is 5.11 Å². The molecular weight excluding hydrogens is 216 g/mol. The maximum Gasteiger partial charge on any atom is 0.155 e. The van der Waals surface area contributed by atoms with E-state index in [4.69, 9.17) is 5.73 Å². The zero-order valence-corrected chi connectivity index (χ0v) is 9.31. The Morgan fingerprint density at radius 3 is 2.88 bits per heavy atom. The van der Waals surface area contributed by atoms with Crippen LogP contribution in [-0.2, 0) is 7.05 Å². The van der Waals surface area contributed by atoms with E-state index in [0.717, 1.165) is 22.6 Å². The van der Waals surface area contributed by atoms with Crippen LogP contribution in [-0.4, -0.2) is 19.6 Å². The molecule has 3 rings (SSSR count). The highest BCUT2D eigenvalue weighted by Crippen LogP contribution is 2.24. The zero-order valence-electron chi connectivity index (χ0n) is 9.31. The summed E-state index contributed by atoms with van der Waals surface area (Å²) in [6.07, 6.45) is 1.83. The molecule has 0 fully saturated rings. The van der Waals surface area contributed by atoms with Crippen molar-refractivity contribution in [3.05, 3.63) is 30.5 Å². The molecule has 0 amide bonds. The number of phenols is 1. The van der Waals surface area contributed by atoms with Gasteiger partial charge in [-0.2, -0.15) is 0 Å². The van der Waals surface area contributed by atoms with Crippen LogP contribution in [0.1, 0.15) is 0 Å². The molecule has 0 bridgehead atoms. The number of nitrogens with two attached hydrogens (primary N) is 1. The summed E-state index contributed by atoms with van der Waals surface area (Å²) < 4.78 is 1.91. The first kappa shape index (κ1) is 9.77. The molecule has 86 valence electrons. The molecule has 0 saturated heterocycles. The van der Waals surface area contributed by atoms with Gasteiger partial charge in [-0.1, -0.05) is 0 Å². The summed E-state index contributed by atoms with van der Waals surface area (Å²) in [5.41, 5.74) is 8.97. The smallest absolute Gasteiger partial charge is 0.155 e. The van der Waals surface area contributed by atoms with Crippen molar-refractivity contribution in [2.24, 2.45) is 7.05 Å². The van der Waals surface area contributed by atoms with Gasteiger partial charge in [0.1, 0.15) is 5.75 Å². The fourth-order valence-corrected chi connectivity index (χ4v) is 1.94. The van der Waals surface area contributed by atoms with Crippen molar-refractivity contribution in [3.8, 4) is 17.3 Å². The van der Waals surface area contributed by atoms with Crippen LogP contribution in [0.15, 0.2) is 30.5 Å². The normalized spacial score (nSPS) is 11.1.